The van der Waals surface area contributed by atoms with Gasteiger partial charge in [-0.2, -0.15) is 4.39 Å². The van der Waals surface area contributed by atoms with Crippen molar-refractivity contribution in [2.45, 2.75) is 26.7 Å². The monoisotopic (exact) mass is 338 g/mol. The average molecular weight is 338 g/mol. The minimum absolute atomic E-state index is 0.0268. The van der Waals surface area contributed by atoms with Crippen LogP contribution in [0.2, 0.25) is 0 Å². The smallest absolute Gasteiger partial charge is 0.201 e. The number of benzene rings is 2. The van der Waals surface area contributed by atoms with E-state index in [1.54, 1.807) is 19.1 Å². The zero-order valence-corrected chi connectivity index (χ0v) is 13.5. The Kier molecular flexibility index (Phi) is 6.01. The Morgan fingerprint density at radius 3 is 2.12 bits per heavy atom. The summed E-state index contributed by atoms with van der Waals surface area (Å²) in [5, 5.41) is 0. The van der Waals surface area contributed by atoms with Gasteiger partial charge in [-0.15, -0.1) is 0 Å². The van der Waals surface area contributed by atoms with Crippen LogP contribution in [0, 0.1) is 11.6 Å². The van der Waals surface area contributed by atoms with Crippen molar-refractivity contribution in [3.8, 4) is 5.75 Å². The SMILES string of the molecule is CCCc1ccc(C(F)=C(F)c2ccc(OCC)c(F)c2F)cc1. The van der Waals surface area contributed by atoms with E-state index in [2.05, 4.69) is 0 Å². The summed E-state index contributed by atoms with van der Waals surface area (Å²) in [5.41, 5.74) is 0.194. The van der Waals surface area contributed by atoms with E-state index < -0.39 is 28.9 Å². The quantitative estimate of drug-likeness (QED) is 0.458. The normalized spacial score (nSPS) is 12.1. The van der Waals surface area contributed by atoms with Gasteiger partial charge in [-0.25, -0.2) is 13.2 Å². The highest BCUT2D eigenvalue weighted by Gasteiger charge is 2.20. The number of hydrogen-bond donors (Lipinski definition) is 0. The molecule has 2 rings (SSSR count). The Morgan fingerprint density at radius 2 is 1.54 bits per heavy atom. The molecule has 0 aliphatic rings. The highest BCUT2D eigenvalue weighted by atomic mass is 19.2. The predicted molar refractivity (Wildman–Crippen MR) is 87.0 cm³/mol. The topological polar surface area (TPSA) is 9.23 Å². The van der Waals surface area contributed by atoms with Gasteiger partial charge in [-0.1, -0.05) is 37.6 Å². The van der Waals surface area contributed by atoms with Crippen LogP contribution in [0.1, 0.15) is 37.0 Å². The molecule has 0 saturated heterocycles. The molecule has 2 aromatic rings. The summed E-state index contributed by atoms with van der Waals surface area (Å²) in [5.74, 6) is -5.83. The van der Waals surface area contributed by atoms with Gasteiger partial charge in [-0.3, -0.25) is 0 Å². The molecule has 24 heavy (non-hydrogen) atoms. The average Bonchev–Trinajstić information content (AvgIpc) is 2.59. The Morgan fingerprint density at radius 1 is 0.875 bits per heavy atom. The molecule has 128 valence electrons. The summed E-state index contributed by atoms with van der Waals surface area (Å²) in [6, 6.07) is 8.24. The Bertz CT molecular complexity index is 736. The van der Waals surface area contributed by atoms with Crippen molar-refractivity contribution in [1.29, 1.82) is 0 Å². The third-order valence-corrected chi connectivity index (χ3v) is 3.52. The van der Waals surface area contributed by atoms with Gasteiger partial charge in [0.2, 0.25) is 5.82 Å². The van der Waals surface area contributed by atoms with Crippen molar-refractivity contribution in [3.63, 3.8) is 0 Å². The van der Waals surface area contributed by atoms with E-state index in [9.17, 15) is 17.6 Å². The van der Waals surface area contributed by atoms with Gasteiger partial charge in [0.05, 0.1) is 12.2 Å². The molecule has 0 bridgehead atoms. The second-order valence-corrected chi connectivity index (χ2v) is 5.25. The summed E-state index contributed by atoms with van der Waals surface area (Å²) in [4.78, 5) is 0. The number of ether oxygens (including phenoxy) is 1. The lowest BCUT2D eigenvalue weighted by Gasteiger charge is -2.09. The third-order valence-electron chi connectivity index (χ3n) is 3.52. The van der Waals surface area contributed by atoms with Gasteiger partial charge in [0, 0.05) is 5.56 Å². The molecule has 0 saturated carbocycles. The van der Waals surface area contributed by atoms with E-state index in [0.29, 0.717) is 0 Å². The van der Waals surface area contributed by atoms with Gasteiger partial charge < -0.3 is 4.74 Å². The van der Waals surface area contributed by atoms with Crippen molar-refractivity contribution in [1.82, 2.24) is 0 Å². The fourth-order valence-corrected chi connectivity index (χ4v) is 2.32. The van der Waals surface area contributed by atoms with Crippen LogP contribution in [0.5, 0.6) is 5.75 Å². The van der Waals surface area contributed by atoms with Crippen LogP contribution in [0.3, 0.4) is 0 Å². The molecule has 0 spiro atoms. The first-order valence-electron chi connectivity index (χ1n) is 7.75. The molecule has 1 nitrogen and oxygen atoms in total. The first-order chi connectivity index (χ1) is 11.5. The summed E-state index contributed by atoms with van der Waals surface area (Å²) >= 11 is 0. The van der Waals surface area contributed by atoms with E-state index in [4.69, 9.17) is 4.74 Å². The van der Waals surface area contributed by atoms with Gasteiger partial charge in [0.1, 0.15) is 0 Å². The van der Waals surface area contributed by atoms with E-state index >= 15 is 0 Å². The fourth-order valence-electron chi connectivity index (χ4n) is 2.32. The Hall–Kier alpha value is -2.30. The Labute approximate surface area is 138 Å². The molecule has 2 aromatic carbocycles. The summed E-state index contributed by atoms with van der Waals surface area (Å²) in [6.45, 7) is 3.75. The molecular formula is C19H18F4O. The van der Waals surface area contributed by atoms with Gasteiger partial charge in [0.25, 0.3) is 0 Å². The maximum Gasteiger partial charge on any atom is 0.201 e. The Balaban J connectivity index is 2.39. The highest BCUT2D eigenvalue weighted by Crippen LogP contribution is 2.33. The summed E-state index contributed by atoms with van der Waals surface area (Å²) < 4.78 is 61.2. The van der Waals surface area contributed by atoms with Crippen molar-refractivity contribution in [2.24, 2.45) is 0 Å². The van der Waals surface area contributed by atoms with Crippen molar-refractivity contribution >= 4 is 11.7 Å². The maximum atomic E-state index is 14.3. The zero-order chi connectivity index (χ0) is 17.7. The molecule has 0 heterocycles. The van der Waals surface area contributed by atoms with Crippen LogP contribution < -0.4 is 4.74 Å². The maximum absolute atomic E-state index is 14.3. The van der Waals surface area contributed by atoms with Gasteiger partial charge in [-0.05, 0) is 31.0 Å². The lowest BCUT2D eigenvalue weighted by molar-refractivity contribution is 0.313. The second-order valence-electron chi connectivity index (χ2n) is 5.25. The minimum Gasteiger partial charge on any atom is -0.491 e. The third kappa shape index (κ3) is 3.78. The number of halogens is 4. The minimum atomic E-state index is -1.48. The molecular weight excluding hydrogens is 320 g/mol. The van der Waals surface area contributed by atoms with Crippen LogP contribution >= 0.6 is 0 Å². The molecule has 0 amide bonds. The fraction of sp³-hybridized carbons (Fsp3) is 0.263. The van der Waals surface area contributed by atoms with Crippen molar-refractivity contribution in [3.05, 3.63) is 64.7 Å². The zero-order valence-electron chi connectivity index (χ0n) is 13.5. The van der Waals surface area contributed by atoms with Gasteiger partial charge in [0.15, 0.2) is 23.2 Å². The number of rotatable bonds is 6. The predicted octanol–water partition coefficient (Wildman–Crippen LogP) is 6.08. The molecule has 0 fully saturated rings. The van der Waals surface area contributed by atoms with E-state index in [1.807, 2.05) is 6.92 Å². The summed E-state index contributed by atoms with van der Waals surface area (Å²) in [7, 11) is 0. The van der Waals surface area contributed by atoms with E-state index in [-0.39, 0.29) is 17.9 Å². The van der Waals surface area contributed by atoms with Crippen LogP contribution in [-0.4, -0.2) is 6.61 Å². The molecule has 0 unspecified atom stereocenters. The lowest BCUT2D eigenvalue weighted by Crippen LogP contribution is -2.00. The molecule has 0 aromatic heterocycles. The molecule has 0 atom stereocenters. The molecule has 0 aliphatic heterocycles. The first-order valence-corrected chi connectivity index (χ1v) is 7.75. The molecule has 5 heteroatoms. The molecule has 0 radical (unpaired) electrons. The standard InChI is InChI=1S/C19H18F4O/c1-3-5-12-6-8-13(9-7-12)16(20)17(21)14-10-11-15(24-4-2)19(23)18(14)22/h6-11H,3-5H2,1-2H3. The highest BCUT2D eigenvalue weighted by molar-refractivity contribution is 5.83. The van der Waals surface area contributed by atoms with Crippen molar-refractivity contribution < 1.29 is 22.3 Å². The number of aryl methyl sites for hydroxylation is 1. The molecule has 0 aliphatic carbocycles. The summed E-state index contributed by atoms with van der Waals surface area (Å²) in [6.07, 6.45) is 1.76. The molecule has 0 N–H and O–H groups in total. The van der Waals surface area contributed by atoms with Crippen LogP contribution in [0.25, 0.3) is 11.7 Å². The largest absolute Gasteiger partial charge is 0.491 e. The van der Waals surface area contributed by atoms with E-state index in [0.717, 1.165) is 30.5 Å². The lowest BCUT2D eigenvalue weighted by atomic mass is 10.0. The second kappa shape index (κ2) is 7.99. The van der Waals surface area contributed by atoms with Crippen LogP contribution in [0.15, 0.2) is 36.4 Å². The van der Waals surface area contributed by atoms with E-state index in [1.165, 1.54) is 12.1 Å². The first kappa shape index (κ1) is 18.0. The van der Waals surface area contributed by atoms with Crippen molar-refractivity contribution in [2.75, 3.05) is 6.61 Å². The van der Waals surface area contributed by atoms with Crippen LogP contribution in [0.4, 0.5) is 17.6 Å². The van der Waals surface area contributed by atoms with Crippen LogP contribution in [-0.2, 0) is 6.42 Å². The van der Waals surface area contributed by atoms with Gasteiger partial charge >= 0.3 is 0 Å². The number of hydrogen-bond acceptors (Lipinski definition) is 1.